The molecule has 1 rings (SSSR count). The lowest BCUT2D eigenvalue weighted by Gasteiger charge is -2.23. The van der Waals surface area contributed by atoms with Gasteiger partial charge in [0.05, 0.1) is 12.7 Å². The predicted octanol–water partition coefficient (Wildman–Crippen LogP) is 1.60. The third-order valence-corrected chi connectivity index (χ3v) is 2.50. The van der Waals surface area contributed by atoms with Crippen LogP contribution in [0, 0.1) is 0 Å². The van der Waals surface area contributed by atoms with Crippen molar-refractivity contribution in [1.82, 2.24) is 5.32 Å². The second-order valence-electron chi connectivity index (χ2n) is 4.30. The molecule has 0 aliphatic carbocycles. The van der Waals surface area contributed by atoms with Gasteiger partial charge in [-0.3, -0.25) is 0 Å². The predicted molar refractivity (Wildman–Crippen MR) is 65.9 cm³/mol. The molecule has 16 heavy (non-hydrogen) atoms. The number of nitrogens with one attached hydrogen (secondary N) is 1. The highest BCUT2D eigenvalue weighted by atomic mass is 16.5. The van der Waals surface area contributed by atoms with Crippen LogP contribution in [-0.2, 0) is 6.42 Å². The third-order valence-electron chi connectivity index (χ3n) is 2.50. The Bertz CT molecular complexity index is 306. The van der Waals surface area contributed by atoms with Gasteiger partial charge in [-0.25, -0.2) is 0 Å². The van der Waals surface area contributed by atoms with Gasteiger partial charge >= 0.3 is 0 Å². The maximum atomic E-state index is 10.1. The van der Waals surface area contributed by atoms with Gasteiger partial charge in [0.15, 0.2) is 0 Å². The molecule has 0 saturated heterocycles. The van der Waals surface area contributed by atoms with E-state index in [2.05, 4.69) is 5.32 Å². The van der Waals surface area contributed by atoms with E-state index >= 15 is 0 Å². The molecule has 0 aliphatic rings. The molecule has 0 fully saturated rings. The molecular weight excluding hydrogens is 202 g/mol. The van der Waals surface area contributed by atoms with E-state index in [1.54, 1.807) is 7.11 Å². The molecule has 1 aromatic rings. The SMILES string of the molecule is CCNCC(C)(O)Cc1ccc(OC)cc1. The molecule has 3 nitrogen and oxygen atoms in total. The average molecular weight is 223 g/mol. The molecule has 1 aromatic carbocycles. The lowest BCUT2D eigenvalue weighted by Crippen LogP contribution is -2.39. The molecule has 0 bridgehead atoms. The fourth-order valence-corrected chi connectivity index (χ4v) is 1.64. The molecule has 3 heteroatoms. The van der Waals surface area contributed by atoms with E-state index in [4.69, 9.17) is 4.74 Å². The Morgan fingerprint density at radius 2 is 1.94 bits per heavy atom. The fraction of sp³-hybridized carbons (Fsp3) is 0.538. The highest BCUT2D eigenvalue weighted by Crippen LogP contribution is 2.16. The van der Waals surface area contributed by atoms with Crippen molar-refractivity contribution in [1.29, 1.82) is 0 Å². The first kappa shape index (κ1) is 13.0. The summed E-state index contributed by atoms with van der Waals surface area (Å²) in [6.07, 6.45) is 0.643. The number of benzene rings is 1. The molecule has 1 unspecified atom stereocenters. The van der Waals surface area contributed by atoms with Crippen molar-refractivity contribution in [2.45, 2.75) is 25.9 Å². The average Bonchev–Trinajstić information content (AvgIpc) is 2.27. The summed E-state index contributed by atoms with van der Waals surface area (Å²) in [5.41, 5.74) is 0.411. The van der Waals surface area contributed by atoms with Crippen molar-refractivity contribution in [2.24, 2.45) is 0 Å². The first-order chi connectivity index (χ1) is 7.57. The quantitative estimate of drug-likeness (QED) is 0.769. The topological polar surface area (TPSA) is 41.5 Å². The maximum Gasteiger partial charge on any atom is 0.118 e. The Hall–Kier alpha value is -1.06. The molecule has 1 atom stereocenters. The van der Waals surface area contributed by atoms with Crippen LogP contribution in [0.1, 0.15) is 19.4 Å². The molecular formula is C13H21NO2. The fourth-order valence-electron chi connectivity index (χ4n) is 1.64. The van der Waals surface area contributed by atoms with Crippen LogP contribution in [0.2, 0.25) is 0 Å². The summed E-state index contributed by atoms with van der Waals surface area (Å²) in [6.45, 7) is 5.36. The van der Waals surface area contributed by atoms with E-state index in [0.29, 0.717) is 13.0 Å². The Balaban J connectivity index is 2.57. The number of hydrogen-bond donors (Lipinski definition) is 2. The minimum atomic E-state index is -0.704. The van der Waals surface area contributed by atoms with Gasteiger partial charge in [-0.05, 0) is 31.2 Å². The molecule has 0 saturated carbocycles. The van der Waals surface area contributed by atoms with Crippen LogP contribution in [0.4, 0.5) is 0 Å². The minimum absolute atomic E-state index is 0.607. The summed E-state index contributed by atoms with van der Waals surface area (Å²) < 4.78 is 5.09. The normalized spacial score (nSPS) is 14.5. The highest BCUT2D eigenvalue weighted by Gasteiger charge is 2.19. The number of methoxy groups -OCH3 is 1. The zero-order valence-electron chi connectivity index (χ0n) is 10.3. The molecule has 0 aromatic heterocycles. The van der Waals surface area contributed by atoms with Crippen molar-refractivity contribution in [2.75, 3.05) is 20.2 Å². The summed E-state index contributed by atoms with van der Waals surface area (Å²) in [6, 6.07) is 7.80. The van der Waals surface area contributed by atoms with Gasteiger partial charge in [0.1, 0.15) is 5.75 Å². The van der Waals surface area contributed by atoms with E-state index in [1.807, 2.05) is 38.1 Å². The molecule has 2 N–H and O–H groups in total. The Morgan fingerprint density at radius 1 is 1.31 bits per heavy atom. The number of aliphatic hydroxyl groups is 1. The molecule has 0 aliphatic heterocycles. The summed E-state index contributed by atoms with van der Waals surface area (Å²) >= 11 is 0. The van der Waals surface area contributed by atoms with E-state index in [0.717, 1.165) is 17.9 Å². The third kappa shape index (κ3) is 4.21. The van der Waals surface area contributed by atoms with Gasteiger partial charge < -0.3 is 15.2 Å². The molecule has 90 valence electrons. The molecule has 0 amide bonds. The number of ether oxygens (including phenoxy) is 1. The lowest BCUT2D eigenvalue weighted by atomic mass is 9.96. The minimum Gasteiger partial charge on any atom is -0.497 e. The largest absolute Gasteiger partial charge is 0.497 e. The van der Waals surface area contributed by atoms with E-state index in [1.165, 1.54) is 0 Å². The molecule has 0 heterocycles. The number of likely N-dealkylation sites (N-methyl/N-ethyl adjacent to an activating group) is 1. The first-order valence-electron chi connectivity index (χ1n) is 5.63. The Labute approximate surface area is 97.4 Å². The summed E-state index contributed by atoms with van der Waals surface area (Å²) in [7, 11) is 1.65. The smallest absolute Gasteiger partial charge is 0.118 e. The Kier molecular flexibility index (Phi) is 4.77. The van der Waals surface area contributed by atoms with Crippen molar-refractivity contribution >= 4 is 0 Å². The van der Waals surface area contributed by atoms with Crippen LogP contribution >= 0.6 is 0 Å². The van der Waals surface area contributed by atoms with Crippen molar-refractivity contribution in [3.8, 4) is 5.75 Å². The Morgan fingerprint density at radius 3 is 2.44 bits per heavy atom. The zero-order valence-corrected chi connectivity index (χ0v) is 10.3. The maximum absolute atomic E-state index is 10.1. The first-order valence-corrected chi connectivity index (χ1v) is 5.63. The van der Waals surface area contributed by atoms with Gasteiger partial charge in [0.2, 0.25) is 0 Å². The van der Waals surface area contributed by atoms with Gasteiger partial charge in [0, 0.05) is 13.0 Å². The summed E-state index contributed by atoms with van der Waals surface area (Å²) in [5.74, 6) is 0.843. The van der Waals surface area contributed by atoms with Gasteiger partial charge in [-0.15, -0.1) is 0 Å². The van der Waals surface area contributed by atoms with Gasteiger partial charge in [0.25, 0.3) is 0 Å². The monoisotopic (exact) mass is 223 g/mol. The summed E-state index contributed by atoms with van der Waals surface area (Å²) in [5, 5.41) is 13.3. The standard InChI is InChI=1S/C13H21NO2/c1-4-14-10-13(2,15)9-11-5-7-12(16-3)8-6-11/h5-8,14-15H,4,9-10H2,1-3H3. The van der Waals surface area contributed by atoms with E-state index in [9.17, 15) is 5.11 Å². The van der Waals surface area contributed by atoms with Gasteiger partial charge in [-0.1, -0.05) is 19.1 Å². The van der Waals surface area contributed by atoms with Crippen molar-refractivity contribution in [3.63, 3.8) is 0 Å². The van der Waals surface area contributed by atoms with Crippen molar-refractivity contribution < 1.29 is 9.84 Å². The highest BCUT2D eigenvalue weighted by molar-refractivity contribution is 5.28. The van der Waals surface area contributed by atoms with Crippen LogP contribution in [0.25, 0.3) is 0 Å². The van der Waals surface area contributed by atoms with E-state index < -0.39 is 5.60 Å². The summed E-state index contributed by atoms with van der Waals surface area (Å²) in [4.78, 5) is 0. The second kappa shape index (κ2) is 5.87. The van der Waals surface area contributed by atoms with Crippen LogP contribution in [-0.4, -0.2) is 30.9 Å². The zero-order chi connectivity index (χ0) is 12.0. The second-order valence-corrected chi connectivity index (χ2v) is 4.30. The van der Waals surface area contributed by atoms with Crippen molar-refractivity contribution in [3.05, 3.63) is 29.8 Å². The van der Waals surface area contributed by atoms with Crippen LogP contribution < -0.4 is 10.1 Å². The lowest BCUT2D eigenvalue weighted by molar-refractivity contribution is 0.0607. The van der Waals surface area contributed by atoms with Gasteiger partial charge in [-0.2, -0.15) is 0 Å². The van der Waals surface area contributed by atoms with E-state index in [-0.39, 0.29) is 0 Å². The van der Waals surface area contributed by atoms with Crippen LogP contribution in [0.15, 0.2) is 24.3 Å². The molecule has 0 spiro atoms. The number of hydrogen-bond acceptors (Lipinski definition) is 3. The number of rotatable bonds is 6. The van der Waals surface area contributed by atoms with Crippen LogP contribution in [0.3, 0.4) is 0 Å². The van der Waals surface area contributed by atoms with Crippen LogP contribution in [0.5, 0.6) is 5.75 Å². The molecule has 0 radical (unpaired) electrons.